The molecule has 0 aliphatic heterocycles. The average Bonchev–Trinajstić information content (AvgIpc) is 2.20. The number of carboxylic acids is 1. The Labute approximate surface area is 95.0 Å². The summed E-state index contributed by atoms with van der Waals surface area (Å²) in [6.07, 6.45) is -0.0131. The Hall–Kier alpha value is -1.14. The maximum Gasteiger partial charge on any atom is 0.303 e. The zero-order valence-corrected chi connectivity index (χ0v) is 9.72. The van der Waals surface area contributed by atoms with Gasteiger partial charge in [-0.15, -0.1) is 0 Å². The molecule has 0 spiro atoms. The van der Waals surface area contributed by atoms with Crippen molar-refractivity contribution in [2.45, 2.75) is 38.8 Å². The Bertz CT molecular complexity index is 243. The summed E-state index contributed by atoms with van der Waals surface area (Å²) in [6.45, 7) is 3.72. The molecule has 0 radical (unpaired) electrons. The van der Waals surface area contributed by atoms with E-state index in [0.717, 1.165) is 0 Å². The molecule has 6 heteroatoms. The molecule has 6 nitrogen and oxygen atoms in total. The van der Waals surface area contributed by atoms with Gasteiger partial charge in [0.1, 0.15) is 0 Å². The highest BCUT2D eigenvalue weighted by Crippen LogP contribution is 2.04. The van der Waals surface area contributed by atoms with Crippen LogP contribution in [0.4, 0.5) is 0 Å². The zero-order chi connectivity index (χ0) is 12.7. The van der Waals surface area contributed by atoms with E-state index in [-0.39, 0.29) is 37.9 Å². The van der Waals surface area contributed by atoms with Crippen molar-refractivity contribution in [2.75, 3.05) is 13.2 Å². The van der Waals surface area contributed by atoms with Crippen molar-refractivity contribution in [3.05, 3.63) is 0 Å². The van der Waals surface area contributed by atoms with E-state index in [4.69, 9.17) is 15.9 Å². The van der Waals surface area contributed by atoms with Gasteiger partial charge in [0.15, 0.2) is 0 Å². The summed E-state index contributed by atoms with van der Waals surface area (Å²) < 4.78 is 0. The number of rotatable bonds is 7. The largest absolute Gasteiger partial charge is 0.481 e. The highest BCUT2D eigenvalue weighted by atomic mass is 16.4. The van der Waals surface area contributed by atoms with Gasteiger partial charge in [-0.25, -0.2) is 0 Å². The van der Waals surface area contributed by atoms with Crippen molar-refractivity contribution >= 4 is 11.9 Å². The summed E-state index contributed by atoms with van der Waals surface area (Å²) in [5, 5.41) is 17.3. The first-order valence-electron chi connectivity index (χ1n) is 5.28. The number of nitrogens with two attached hydrogens (primary N) is 1. The number of nitrogens with zero attached hydrogens (tertiary/aromatic N) is 1. The van der Waals surface area contributed by atoms with E-state index in [9.17, 15) is 9.59 Å². The number of hydrogen-bond acceptors (Lipinski definition) is 4. The standard InChI is InChI=1S/C10H20N2O4/c1-7(2)12(5-6-13)10(16)8(11)3-4-9(14)15/h7-8,13H,3-6,11H2,1-2H3,(H,14,15). The van der Waals surface area contributed by atoms with Gasteiger partial charge in [-0.3, -0.25) is 9.59 Å². The van der Waals surface area contributed by atoms with Crippen LogP contribution >= 0.6 is 0 Å². The van der Waals surface area contributed by atoms with E-state index in [1.807, 2.05) is 13.8 Å². The SMILES string of the molecule is CC(C)N(CCO)C(=O)C(N)CCC(=O)O. The van der Waals surface area contributed by atoms with Crippen molar-refractivity contribution in [3.8, 4) is 0 Å². The maximum absolute atomic E-state index is 11.8. The van der Waals surface area contributed by atoms with E-state index < -0.39 is 12.0 Å². The Kier molecular flexibility index (Phi) is 6.67. The molecular formula is C10H20N2O4. The van der Waals surface area contributed by atoms with Gasteiger partial charge in [0.2, 0.25) is 5.91 Å². The van der Waals surface area contributed by atoms with Crippen LogP contribution in [0.1, 0.15) is 26.7 Å². The molecule has 0 aromatic rings. The van der Waals surface area contributed by atoms with E-state index in [1.165, 1.54) is 4.90 Å². The van der Waals surface area contributed by atoms with Gasteiger partial charge in [0, 0.05) is 19.0 Å². The second kappa shape index (κ2) is 7.19. The normalized spacial score (nSPS) is 12.6. The van der Waals surface area contributed by atoms with Gasteiger partial charge in [-0.1, -0.05) is 0 Å². The minimum atomic E-state index is -0.971. The monoisotopic (exact) mass is 232 g/mol. The second-order valence-electron chi connectivity index (χ2n) is 3.89. The molecule has 0 aromatic heterocycles. The number of aliphatic carboxylic acids is 1. The van der Waals surface area contributed by atoms with Crippen molar-refractivity contribution in [2.24, 2.45) is 5.73 Å². The molecule has 0 fully saturated rings. The van der Waals surface area contributed by atoms with Gasteiger partial charge >= 0.3 is 5.97 Å². The number of carboxylic acid groups (broad SMARTS) is 1. The van der Waals surface area contributed by atoms with Crippen molar-refractivity contribution < 1.29 is 19.8 Å². The highest BCUT2D eigenvalue weighted by molar-refractivity contribution is 5.82. The summed E-state index contributed by atoms with van der Waals surface area (Å²) in [4.78, 5) is 23.6. The Morgan fingerprint density at radius 2 is 1.94 bits per heavy atom. The van der Waals surface area contributed by atoms with Crippen LogP contribution in [0.15, 0.2) is 0 Å². The molecule has 0 aliphatic rings. The second-order valence-corrected chi connectivity index (χ2v) is 3.89. The van der Waals surface area contributed by atoms with Gasteiger partial charge in [-0.2, -0.15) is 0 Å². The van der Waals surface area contributed by atoms with Crippen LogP contribution in [-0.4, -0.2) is 52.2 Å². The number of aliphatic hydroxyl groups is 1. The Balaban J connectivity index is 4.31. The first kappa shape index (κ1) is 14.9. The number of carbonyl (C=O) groups excluding carboxylic acids is 1. The molecule has 94 valence electrons. The van der Waals surface area contributed by atoms with Gasteiger partial charge in [0.25, 0.3) is 0 Å². The van der Waals surface area contributed by atoms with Gasteiger partial charge < -0.3 is 20.8 Å². The van der Waals surface area contributed by atoms with E-state index in [0.29, 0.717) is 0 Å². The van der Waals surface area contributed by atoms with Gasteiger partial charge in [0.05, 0.1) is 12.6 Å². The van der Waals surface area contributed by atoms with Crippen molar-refractivity contribution in [1.29, 1.82) is 0 Å². The van der Waals surface area contributed by atoms with E-state index in [1.54, 1.807) is 0 Å². The fourth-order valence-corrected chi connectivity index (χ4v) is 1.35. The predicted molar refractivity (Wildman–Crippen MR) is 58.8 cm³/mol. The molecule has 0 saturated carbocycles. The quantitative estimate of drug-likeness (QED) is 0.544. The lowest BCUT2D eigenvalue weighted by Gasteiger charge is -2.28. The van der Waals surface area contributed by atoms with Crippen LogP contribution in [0.25, 0.3) is 0 Å². The molecule has 1 unspecified atom stereocenters. The lowest BCUT2D eigenvalue weighted by Crippen LogP contribution is -2.48. The van der Waals surface area contributed by atoms with Crippen LogP contribution in [0.5, 0.6) is 0 Å². The predicted octanol–water partition coefficient (Wildman–Crippen LogP) is -0.592. The first-order valence-corrected chi connectivity index (χ1v) is 5.28. The average molecular weight is 232 g/mol. The Morgan fingerprint density at radius 1 is 1.38 bits per heavy atom. The van der Waals surface area contributed by atoms with Crippen molar-refractivity contribution in [1.82, 2.24) is 4.90 Å². The lowest BCUT2D eigenvalue weighted by molar-refractivity contribution is -0.138. The number of carbonyl (C=O) groups is 2. The third-order valence-electron chi connectivity index (χ3n) is 2.23. The summed E-state index contributed by atoms with van der Waals surface area (Å²) in [5.74, 6) is -1.29. The molecule has 1 atom stereocenters. The molecule has 4 N–H and O–H groups in total. The summed E-state index contributed by atoms with van der Waals surface area (Å²) in [6, 6.07) is -0.874. The topological polar surface area (TPSA) is 104 Å². The Morgan fingerprint density at radius 3 is 2.31 bits per heavy atom. The molecule has 0 rings (SSSR count). The molecule has 0 aromatic carbocycles. The maximum atomic E-state index is 11.8. The minimum absolute atomic E-state index is 0.0597. The number of aliphatic hydroxyl groups excluding tert-OH is 1. The van der Waals surface area contributed by atoms with Crippen LogP contribution in [0.2, 0.25) is 0 Å². The smallest absolute Gasteiger partial charge is 0.303 e. The van der Waals surface area contributed by atoms with E-state index >= 15 is 0 Å². The van der Waals surface area contributed by atoms with Crippen LogP contribution in [-0.2, 0) is 9.59 Å². The summed E-state index contributed by atoms with van der Waals surface area (Å²) in [7, 11) is 0. The molecule has 16 heavy (non-hydrogen) atoms. The molecule has 0 heterocycles. The summed E-state index contributed by atoms with van der Waals surface area (Å²) in [5.41, 5.74) is 5.60. The van der Waals surface area contributed by atoms with Gasteiger partial charge in [-0.05, 0) is 20.3 Å². The first-order chi connectivity index (χ1) is 7.40. The zero-order valence-electron chi connectivity index (χ0n) is 9.72. The molecule has 0 saturated heterocycles. The molecule has 0 aliphatic carbocycles. The molecule has 1 amide bonds. The summed E-state index contributed by atoms with van der Waals surface area (Å²) >= 11 is 0. The van der Waals surface area contributed by atoms with Crippen LogP contribution in [0.3, 0.4) is 0 Å². The van der Waals surface area contributed by atoms with Crippen LogP contribution < -0.4 is 5.73 Å². The van der Waals surface area contributed by atoms with Crippen molar-refractivity contribution in [3.63, 3.8) is 0 Å². The fraction of sp³-hybridized carbons (Fsp3) is 0.800. The number of hydrogen-bond donors (Lipinski definition) is 3. The lowest BCUT2D eigenvalue weighted by atomic mass is 10.1. The van der Waals surface area contributed by atoms with E-state index in [2.05, 4.69) is 0 Å². The fourth-order valence-electron chi connectivity index (χ4n) is 1.35. The number of amides is 1. The van der Waals surface area contributed by atoms with Crippen LogP contribution in [0, 0.1) is 0 Å². The highest BCUT2D eigenvalue weighted by Gasteiger charge is 2.23. The molecular weight excluding hydrogens is 212 g/mol. The third kappa shape index (κ3) is 5.09. The minimum Gasteiger partial charge on any atom is -0.481 e. The molecule has 0 bridgehead atoms. The third-order valence-corrected chi connectivity index (χ3v) is 2.23.